The molecule has 1 aliphatic heterocycles. The second-order valence-electron chi connectivity index (χ2n) is 5.96. The molecule has 0 aromatic rings. The van der Waals surface area contributed by atoms with Crippen molar-refractivity contribution < 1.29 is 9.53 Å². The number of rotatable bonds is 2. The van der Waals surface area contributed by atoms with Crippen LogP contribution < -0.4 is 5.32 Å². The number of esters is 1. The van der Waals surface area contributed by atoms with Crippen LogP contribution >= 0.6 is 0 Å². The van der Waals surface area contributed by atoms with Gasteiger partial charge in [-0.3, -0.25) is 4.79 Å². The standard InChI is InChI=1S/C14H25NO2/c1-9-4-5-12(8-10(9)2)17-14(16)13-6-7-15-11(13)3/h9-13,15H,4-8H2,1-3H3. The third-order valence-corrected chi connectivity index (χ3v) is 4.66. The zero-order valence-electron chi connectivity index (χ0n) is 11.2. The first-order valence-electron chi connectivity index (χ1n) is 7.01. The molecule has 2 rings (SSSR count). The van der Waals surface area contributed by atoms with Gasteiger partial charge in [0, 0.05) is 6.04 Å². The van der Waals surface area contributed by atoms with Gasteiger partial charge in [0.25, 0.3) is 0 Å². The van der Waals surface area contributed by atoms with Crippen LogP contribution in [-0.2, 0) is 9.53 Å². The van der Waals surface area contributed by atoms with Crippen LogP contribution in [0.1, 0.15) is 46.5 Å². The van der Waals surface area contributed by atoms with E-state index in [1.807, 2.05) is 0 Å². The average molecular weight is 239 g/mol. The van der Waals surface area contributed by atoms with Gasteiger partial charge in [0.1, 0.15) is 6.10 Å². The fraction of sp³-hybridized carbons (Fsp3) is 0.929. The summed E-state index contributed by atoms with van der Waals surface area (Å²) in [6.07, 6.45) is 4.38. The van der Waals surface area contributed by atoms with Crippen molar-refractivity contribution in [3.05, 3.63) is 0 Å². The molecule has 0 radical (unpaired) electrons. The molecule has 1 aliphatic carbocycles. The quantitative estimate of drug-likeness (QED) is 0.752. The van der Waals surface area contributed by atoms with Gasteiger partial charge < -0.3 is 10.1 Å². The van der Waals surface area contributed by atoms with Crippen molar-refractivity contribution in [2.45, 2.75) is 58.6 Å². The number of hydrogen-bond acceptors (Lipinski definition) is 3. The molecule has 98 valence electrons. The Bertz CT molecular complexity index is 279. The molecule has 5 unspecified atom stereocenters. The summed E-state index contributed by atoms with van der Waals surface area (Å²) in [4.78, 5) is 12.0. The molecule has 2 fully saturated rings. The monoisotopic (exact) mass is 239 g/mol. The van der Waals surface area contributed by atoms with Gasteiger partial charge in [-0.25, -0.2) is 0 Å². The lowest BCUT2D eigenvalue weighted by Crippen LogP contribution is -2.34. The van der Waals surface area contributed by atoms with E-state index in [4.69, 9.17) is 4.74 Å². The number of hydrogen-bond donors (Lipinski definition) is 1. The molecule has 1 saturated heterocycles. The third-order valence-electron chi connectivity index (χ3n) is 4.66. The van der Waals surface area contributed by atoms with Crippen molar-refractivity contribution in [3.63, 3.8) is 0 Å². The molecule has 3 nitrogen and oxygen atoms in total. The fourth-order valence-electron chi connectivity index (χ4n) is 3.04. The molecule has 2 aliphatic rings. The highest BCUT2D eigenvalue weighted by atomic mass is 16.5. The van der Waals surface area contributed by atoms with E-state index in [2.05, 4.69) is 26.1 Å². The Morgan fingerprint density at radius 2 is 1.88 bits per heavy atom. The van der Waals surface area contributed by atoms with Crippen molar-refractivity contribution in [2.24, 2.45) is 17.8 Å². The minimum Gasteiger partial charge on any atom is -0.462 e. The van der Waals surface area contributed by atoms with Crippen LogP contribution in [0.2, 0.25) is 0 Å². The SMILES string of the molecule is CC1CCC(OC(=O)C2CCNC2C)CC1C. The van der Waals surface area contributed by atoms with Gasteiger partial charge in [0.15, 0.2) is 0 Å². The van der Waals surface area contributed by atoms with Gasteiger partial charge in [-0.2, -0.15) is 0 Å². The van der Waals surface area contributed by atoms with Crippen LogP contribution in [0.5, 0.6) is 0 Å². The van der Waals surface area contributed by atoms with Crippen molar-refractivity contribution in [1.82, 2.24) is 5.32 Å². The van der Waals surface area contributed by atoms with E-state index in [0.29, 0.717) is 5.92 Å². The van der Waals surface area contributed by atoms with Crippen LogP contribution in [0.3, 0.4) is 0 Å². The summed E-state index contributed by atoms with van der Waals surface area (Å²) in [5.74, 6) is 1.55. The summed E-state index contributed by atoms with van der Waals surface area (Å²) < 4.78 is 5.69. The summed E-state index contributed by atoms with van der Waals surface area (Å²) in [6.45, 7) is 7.58. The maximum Gasteiger partial charge on any atom is 0.310 e. The minimum atomic E-state index is 0.0225. The van der Waals surface area contributed by atoms with E-state index in [1.165, 1.54) is 6.42 Å². The molecular weight excluding hydrogens is 214 g/mol. The Morgan fingerprint density at radius 1 is 1.12 bits per heavy atom. The van der Waals surface area contributed by atoms with Gasteiger partial charge in [0.05, 0.1) is 5.92 Å². The van der Waals surface area contributed by atoms with Crippen LogP contribution in [0.15, 0.2) is 0 Å². The van der Waals surface area contributed by atoms with Crippen LogP contribution in [0.25, 0.3) is 0 Å². The first kappa shape index (κ1) is 12.9. The molecule has 0 bridgehead atoms. The lowest BCUT2D eigenvalue weighted by atomic mass is 9.80. The summed E-state index contributed by atoms with van der Waals surface area (Å²) in [5.41, 5.74) is 0. The van der Waals surface area contributed by atoms with Crippen LogP contribution in [0, 0.1) is 17.8 Å². The van der Waals surface area contributed by atoms with E-state index in [1.54, 1.807) is 0 Å². The molecule has 1 N–H and O–H groups in total. The van der Waals surface area contributed by atoms with Crippen LogP contribution in [0.4, 0.5) is 0 Å². The highest BCUT2D eigenvalue weighted by Gasteiger charge is 2.34. The van der Waals surface area contributed by atoms with Gasteiger partial charge in [0.2, 0.25) is 0 Å². The second-order valence-corrected chi connectivity index (χ2v) is 5.96. The Labute approximate surface area is 104 Å². The van der Waals surface area contributed by atoms with Crippen molar-refractivity contribution in [2.75, 3.05) is 6.54 Å². The first-order valence-corrected chi connectivity index (χ1v) is 7.01. The van der Waals surface area contributed by atoms with Gasteiger partial charge in [-0.1, -0.05) is 13.8 Å². The predicted molar refractivity (Wildman–Crippen MR) is 67.6 cm³/mol. The highest BCUT2D eigenvalue weighted by Crippen LogP contribution is 2.31. The molecular formula is C14H25NO2. The first-order chi connectivity index (χ1) is 8.08. The highest BCUT2D eigenvalue weighted by molar-refractivity contribution is 5.73. The zero-order chi connectivity index (χ0) is 12.4. The topological polar surface area (TPSA) is 38.3 Å². The van der Waals surface area contributed by atoms with Crippen LogP contribution in [-0.4, -0.2) is 24.7 Å². The van der Waals surface area contributed by atoms with Crippen molar-refractivity contribution in [3.8, 4) is 0 Å². The molecule has 1 heterocycles. The van der Waals surface area contributed by atoms with Gasteiger partial charge >= 0.3 is 5.97 Å². The lowest BCUT2D eigenvalue weighted by molar-refractivity contribution is -0.157. The molecule has 0 aromatic carbocycles. The normalized spacial score (nSPS) is 42.4. The van der Waals surface area contributed by atoms with E-state index >= 15 is 0 Å². The van der Waals surface area contributed by atoms with Crippen molar-refractivity contribution in [1.29, 1.82) is 0 Å². The summed E-state index contributed by atoms with van der Waals surface area (Å²) >= 11 is 0. The molecule has 0 amide bonds. The molecule has 1 saturated carbocycles. The smallest absolute Gasteiger partial charge is 0.310 e. The Kier molecular flexibility index (Phi) is 4.08. The minimum absolute atomic E-state index is 0.0225. The summed E-state index contributed by atoms with van der Waals surface area (Å²) in [6, 6.07) is 0.280. The number of carbonyl (C=O) groups excluding carboxylic acids is 1. The lowest BCUT2D eigenvalue weighted by Gasteiger charge is -2.32. The Balaban J connectivity index is 1.82. The Morgan fingerprint density at radius 3 is 2.47 bits per heavy atom. The molecule has 17 heavy (non-hydrogen) atoms. The maximum absolute atomic E-state index is 12.0. The zero-order valence-corrected chi connectivity index (χ0v) is 11.2. The fourth-order valence-corrected chi connectivity index (χ4v) is 3.04. The molecule has 0 aromatic heterocycles. The van der Waals surface area contributed by atoms with E-state index in [-0.39, 0.29) is 24.0 Å². The predicted octanol–water partition coefficient (Wildman–Crippen LogP) is 2.35. The summed E-state index contributed by atoms with van der Waals surface area (Å²) in [5, 5.41) is 3.30. The number of ether oxygens (including phenoxy) is 1. The molecule has 3 heteroatoms. The maximum atomic E-state index is 12.0. The Hall–Kier alpha value is -0.570. The van der Waals surface area contributed by atoms with E-state index in [0.717, 1.165) is 31.7 Å². The summed E-state index contributed by atoms with van der Waals surface area (Å²) in [7, 11) is 0. The van der Waals surface area contributed by atoms with E-state index in [9.17, 15) is 4.79 Å². The molecule has 5 atom stereocenters. The van der Waals surface area contributed by atoms with Gasteiger partial charge in [-0.05, 0) is 51.0 Å². The van der Waals surface area contributed by atoms with E-state index < -0.39 is 0 Å². The largest absolute Gasteiger partial charge is 0.462 e. The van der Waals surface area contributed by atoms with Gasteiger partial charge in [-0.15, -0.1) is 0 Å². The second kappa shape index (κ2) is 5.38. The number of carbonyl (C=O) groups is 1. The van der Waals surface area contributed by atoms with Crippen molar-refractivity contribution >= 4 is 5.97 Å². The molecule has 0 spiro atoms. The third kappa shape index (κ3) is 3.01. The average Bonchev–Trinajstić information content (AvgIpc) is 2.70. The number of nitrogens with one attached hydrogen (secondary N) is 1.